The third kappa shape index (κ3) is 4.07. The minimum atomic E-state index is -4.93. The standard InChI is InChI=1S/C16H7Cl3F3NO4/c17-7-3-10(19)14(23-5-7)27-12-4-11-6(2-9(12)18)1-8(15(24)25)13(26-11)16(20,21)22/h1-5,13H,(H,24,25). The summed E-state index contributed by atoms with van der Waals surface area (Å²) in [5, 5.41) is 9.32. The molecule has 0 fully saturated rings. The lowest BCUT2D eigenvalue weighted by Crippen LogP contribution is -2.40. The van der Waals surface area contributed by atoms with E-state index in [1.807, 2.05) is 0 Å². The van der Waals surface area contributed by atoms with E-state index in [0.717, 1.165) is 12.1 Å². The molecule has 0 radical (unpaired) electrons. The van der Waals surface area contributed by atoms with Crippen molar-refractivity contribution in [3.8, 4) is 17.4 Å². The second-order valence-corrected chi connectivity index (χ2v) is 6.56. The molecular formula is C16H7Cl3F3NO4. The van der Waals surface area contributed by atoms with Crippen LogP contribution in [-0.4, -0.2) is 28.3 Å². The minimum absolute atomic E-state index is 0.0170. The number of carboxylic acids is 1. The lowest BCUT2D eigenvalue weighted by Gasteiger charge is -2.27. The summed E-state index contributed by atoms with van der Waals surface area (Å²) in [4.78, 5) is 15.0. The Morgan fingerprint density at radius 1 is 1.19 bits per heavy atom. The predicted molar refractivity (Wildman–Crippen MR) is 91.9 cm³/mol. The Balaban J connectivity index is 2.02. The molecule has 1 aromatic carbocycles. The summed E-state index contributed by atoms with van der Waals surface area (Å²) in [6, 6.07) is 3.67. The van der Waals surface area contributed by atoms with Crippen molar-refractivity contribution in [1.82, 2.24) is 4.98 Å². The summed E-state index contributed by atoms with van der Waals surface area (Å²) in [7, 11) is 0. The highest BCUT2D eigenvalue weighted by molar-refractivity contribution is 6.35. The molecule has 27 heavy (non-hydrogen) atoms. The molecule has 1 unspecified atom stereocenters. The molecule has 1 aromatic heterocycles. The number of alkyl halides is 3. The molecule has 0 aliphatic carbocycles. The van der Waals surface area contributed by atoms with Crippen LogP contribution in [0.2, 0.25) is 15.1 Å². The van der Waals surface area contributed by atoms with Gasteiger partial charge in [0.25, 0.3) is 0 Å². The molecule has 0 saturated carbocycles. The van der Waals surface area contributed by atoms with Gasteiger partial charge in [-0.2, -0.15) is 13.2 Å². The quantitative estimate of drug-likeness (QED) is 0.670. The van der Waals surface area contributed by atoms with Crippen molar-refractivity contribution in [2.24, 2.45) is 0 Å². The van der Waals surface area contributed by atoms with Crippen molar-refractivity contribution in [2.75, 3.05) is 0 Å². The van der Waals surface area contributed by atoms with Crippen LogP contribution in [0.5, 0.6) is 17.4 Å². The van der Waals surface area contributed by atoms with E-state index >= 15 is 0 Å². The number of fused-ring (bicyclic) bond motifs is 1. The summed E-state index contributed by atoms with van der Waals surface area (Å²) in [6.45, 7) is 0. The van der Waals surface area contributed by atoms with Crippen molar-refractivity contribution in [1.29, 1.82) is 0 Å². The first-order valence-corrected chi connectivity index (χ1v) is 8.20. The molecule has 0 spiro atoms. The maximum absolute atomic E-state index is 13.1. The van der Waals surface area contributed by atoms with E-state index in [1.54, 1.807) is 0 Å². The van der Waals surface area contributed by atoms with Crippen LogP contribution in [0, 0.1) is 0 Å². The highest BCUT2D eigenvalue weighted by Gasteiger charge is 2.48. The van der Waals surface area contributed by atoms with Gasteiger partial charge >= 0.3 is 12.1 Å². The van der Waals surface area contributed by atoms with Gasteiger partial charge in [0.15, 0.2) is 5.75 Å². The summed E-state index contributed by atoms with van der Waals surface area (Å²) >= 11 is 17.7. The number of ether oxygens (including phenoxy) is 2. The molecule has 1 aliphatic heterocycles. The molecule has 11 heteroatoms. The molecule has 1 N–H and O–H groups in total. The summed E-state index contributed by atoms with van der Waals surface area (Å²) < 4.78 is 49.7. The van der Waals surface area contributed by atoms with E-state index in [-0.39, 0.29) is 38.0 Å². The molecule has 5 nitrogen and oxygen atoms in total. The van der Waals surface area contributed by atoms with Gasteiger partial charge in [-0.1, -0.05) is 34.8 Å². The number of carboxylic acid groups (broad SMARTS) is 1. The van der Waals surface area contributed by atoms with E-state index in [4.69, 9.17) is 49.4 Å². The van der Waals surface area contributed by atoms with Crippen LogP contribution < -0.4 is 9.47 Å². The number of hydrogen-bond donors (Lipinski definition) is 1. The first-order valence-electron chi connectivity index (χ1n) is 7.07. The zero-order chi connectivity index (χ0) is 19.9. The van der Waals surface area contributed by atoms with E-state index in [1.165, 1.54) is 18.3 Å². The van der Waals surface area contributed by atoms with Crippen molar-refractivity contribution in [2.45, 2.75) is 12.3 Å². The van der Waals surface area contributed by atoms with E-state index in [0.29, 0.717) is 0 Å². The molecule has 0 amide bonds. The van der Waals surface area contributed by atoms with Gasteiger partial charge in [-0.15, -0.1) is 0 Å². The summed E-state index contributed by atoms with van der Waals surface area (Å²) in [6.07, 6.45) is -5.45. The summed E-state index contributed by atoms with van der Waals surface area (Å²) in [5.74, 6) is -2.17. The third-order valence-corrected chi connectivity index (χ3v) is 4.20. The molecule has 3 rings (SSSR count). The van der Waals surface area contributed by atoms with E-state index < -0.39 is 23.8 Å². The number of carbonyl (C=O) groups is 1. The Morgan fingerprint density at radius 3 is 2.48 bits per heavy atom. The number of hydrogen-bond acceptors (Lipinski definition) is 4. The Labute approximate surface area is 164 Å². The molecule has 142 valence electrons. The first kappa shape index (κ1) is 19.6. The topological polar surface area (TPSA) is 68.7 Å². The average molecular weight is 441 g/mol. The van der Waals surface area contributed by atoms with Crippen LogP contribution in [0.1, 0.15) is 5.56 Å². The Kier molecular flexibility index (Phi) is 5.16. The normalized spacial score (nSPS) is 16.2. The van der Waals surface area contributed by atoms with Crippen LogP contribution in [0.15, 0.2) is 30.0 Å². The fourth-order valence-corrected chi connectivity index (χ4v) is 2.90. The number of nitrogens with zero attached hydrogens (tertiary/aromatic N) is 1. The number of rotatable bonds is 3. The number of aromatic nitrogens is 1. The molecule has 0 bridgehead atoms. The van der Waals surface area contributed by atoms with Crippen LogP contribution in [0.3, 0.4) is 0 Å². The van der Waals surface area contributed by atoms with Gasteiger partial charge in [0.1, 0.15) is 10.8 Å². The highest BCUT2D eigenvalue weighted by atomic mass is 35.5. The zero-order valence-corrected chi connectivity index (χ0v) is 15.1. The van der Waals surface area contributed by atoms with Crippen molar-refractivity contribution in [3.05, 3.63) is 50.6 Å². The van der Waals surface area contributed by atoms with Gasteiger partial charge in [0.2, 0.25) is 12.0 Å². The second-order valence-electron chi connectivity index (χ2n) is 5.31. The SMILES string of the molecule is O=C(O)C1=Cc2cc(Cl)c(Oc3ncc(Cl)cc3Cl)cc2OC1C(F)(F)F. The largest absolute Gasteiger partial charge is 0.478 e. The molecule has 2 heterocycles. The highest BCUT2D eigenvalue weighted by Crippen LogP contribution is 2.43. The van der Waals surface area contributed by atoms with Crippen molar-refractivity contribution < 1.29 is 32.5 Å². The van der Waals surface area contributed by atoms with Crippen molar-refractivity contribution in [3.63, 3.8) is 0 Å². The van der Waals surface area contributed by atoms with Gasteiger partial charge in [0, 0.05) is 17.8 Å². The Hall–Kier alpha value is -2.16. The first-order chi connectivity index (χ1) is 12.6. The smallest absolute Gasteiger partial charge is 0.430 e. The summed E-state index contributed by atoms with van der Waals surface area (Å²) in [5.41, 5.74) is -0.900. The van der Waals surface area contributed by atoms with Gasteiger partial charge in [-0.3, -0.25) is 0 Å². The average Bonchev–Trinajstić information content (AvgIpc) is 2.55. The second kappa shape index (κ2) is 7.10. The monoisotopic (exact) mass is 439 g/mol. The molecular weight excluding hydrogens is 434 g/mol. The number of aliphatic carboxylic acids is 1. The Morgan fingerprint density at radius 2 is 1.89 bits per heavy atom. The van der Waals surface area contributed by atoms with Crippen molar-refractivity contribution >= 4 is 46.8 Å². The zero-order valence-electron chi connectivity index (χ0n) is 12.9. The fourth-order valence-electron chi connectivity index (χ4n) is 2.28. The van der Waals surface area contributed by atoms with Crippen LogP contribution in [0.4, 0.5) is 13.2 Å². The predicted octanol–water partition coefficient (Wildman–Crippen LogP) is 5.63. The van der Waals surface area contributed by atoms with Crippen LogP contribution in [0.25, 0.3) is 6.08 Å². The van der Waals surface area contributed by atoms with E-state index in [2.05, 4.69) is 4.98 Å². The van der Waals surface area contributed by atoms with E-state index in [9.17, 15) is 18.0 Å². The number of halogens is 6. The molecule has 2 aromatic rings. The van der Waals surface area contributed by atoms with Crippen LogP contribution in [-0.2, 0) is 4.79 Å². The van der Waals surface area contributed by atoms with Gasteiger partial charge < -0.3 is 14.6 Å². The maximum atomic E-state index is 13.1. The lowest BCUT2D eigenvalue weighted by atomic mass is 10.0. The molecule has 0 saturated heterocycles. The molecule has 1 atom stereocenters. The lowest BCUT2D eigenvalue weighted by molar-refractivity contribution is -0.187. The van der Waals surface area contributed by atoms with Gasteiger partial charge in [-0.05, 0) is 18.2 Å². The minimum Gasteiger partial charge on any atom is -0.478 e. The fraction of sp³-hybridized carbons (Fsp3) is 0.125. The Bertz CT molecular complexity index is 963. The van der Waals surface area contributed by atoms with Gasteiger partial charge in [-0.25, -0.2) is 9.78 Å². The number of benzene rings is 1. The van der Waals surface area contributed by atoms with Crippen LogP contribution >= 0.6 is 34.8 Å². The molecule has 1 aliphatic rings. The maximum Gasteiger partial charge on any atom is 0.430 e. The number of pyridine rings is 1. The third-order valence-electron chi connectivity index (χ3n) is 3.43. The van der Waals surface area contributed by atoms with Gasteiger partial charge in [0.05, 0.1) is 15.6 Å².